The van der Waals surface area contributed by atoms with Gasteiger partial charge in [-0.05, 0) is 19.3 Å². The molecule has 0 fully saturated rings. The normalized spacial score (nSPS) is 10.4. The van der Waals surface area contributed by atoms with Crippen molar-refractivity contribution in [3.63, 3.8) is 0 Å². The fourth-order valence-corrected chi connectivity index (χ4v) is 2.12. The van der Waals surface area contributed by atoms with Crippen molar-refractivity contribution in [1.29, 1.82) is 0 Å². The summed E-state index contributed by atoms with van der Waals surface area (Å²) in [6, 6.07) is 0. The van der Waals surface area contributed by atoms with E-state index in [1.807, 2.05) is 6.08 Å². The highest BCUT2D eigenvalue weighted by Crippen LogP contribution is 2.11. The number of thiol groups is 1. The summed E-state index contributed by atoms with van der Waals surface area (Å²) < 4.78 is 4.96. The fourth-order valence-electron chi connectivity index (χ4n) is 2.03. The van der Waals surface area contributed by atoms with Crippen LogP contribution in [0.25, 0.3) is 0 Å². The van der Waals surface area contributed by atoms with Gasteiger partial charge in [0, 0.05) is 12.2 Å². The predicted octanol–water partition coefficient (Wildman–Crippen LogP) is 4.94. The molecule has 0 atom stereocenters. The Morgan fingerprint density at radius 3 is 2.00 bits per heavy atom. The van der Waals surface area contributed by atoms with Crippen molar-refractivity contribution in [1.82, 2.24) is 0 Å². The van der Waals surface area contributed by atoms with Gasteiger partial charge in [0.15, 0.2) is 0 Å². The monoisotopic (exact) mass is 286 g/mol. The van der Waals surface area contributed by atoms with E-state index in [4.69, 9.17) is 4.74 Å². The molecule has 0 N–H and O–H groups in total. The number of esters is 1. The van der Waals surface area contributed by atoms with E-state index in [-0.39, 0.29) is 5.97 Å². The second-order valence-corrected chi connectivity index (χ2v) is 5.40. The fraction of sp³-hybridized carbons (Fsp3) is 0.812. The highest BCUT2D eigenvalue weighted by molar-refractivity contribution is 7.80. The van der Waals surface area contributed by atoms with Crippen LogP contribution in [0.15, 0.2) is 12.7 Å². The Morgan fingerprint density at radius 1 is 0.947 bits per heavy atom. The Balaban J connectivity index is 3.06. The van der Waals surface area contributed by atoms with Gasteiger partial charge >= 0.3 is 5.97 Å². The topological polar surface area (TPSA) is 26.3 Å². The molecule has 0 saturated heterocycles. The highest BCUT2D eigenvalue weighted by Gasteiger charge is 2.01. The molecule has 112 valence electrons. The van der Waals surface area contributed by atoms with Crippen molar-refractivity contribution in [2.24, 2.45) is 0 Å². The standard InChI is InChI=1S/C16H30O2S/c1-2-3-4-5-6-7-8-9-10-11-12-13-16(17)18-14-15-19/h2,19H,1,3-15H2. The summed E-state index contributed by atoms with van der Waals surface area (Å²) in [7, 11) is 0. The van der Waals surface area contributed by atoms with Gasteiger partial charge in [-0.25, -0.2) is 0 Å². The Morgan fingerprint density at radius 2 is 1.47 bits per heavy atom. The molecule has 0 aliphatic rings. The summed E-state index contributed by atoms with van der Waals surface area (Å²) in [5.74, 6) is 0.537. The predicted molar refractivity (Wildman–Crippen MR) is 85.8 cm³/mol. The summed E-state index contributed by atoms with van der Waals surface area (Å²) >= 11 is 4.00. The minimum absolute atomic E-state index is 0.0729. The number of unbranched alkanes of at least 4 members (excludes halogenated alkanes) is 9. The number of hydrogen-bond acceptors (Lipinski definition) is 3. The van der Waals surface area contributed by atoms with Gasteiger partial charge in [0.1, 0.15) is 6.61 Å². The molecule has 0 aromatic heterocycles. The lowest BCUT2D eigenvalue weighted by atomic mass is 10.1. The van der Waals surface area contributed by atoms with E-state index in [0.29, 0.717) is 18.8 Å². The molecule has 0 aromatic rings. The lowest BCUT2D eigenvalue weighted by molar-refractivity contribution is -0.143. The Hall–Kier alpha value is -0.440. The number of allylic oxidation sites excluding steroid dienone is 1. The average Bonchev–Trinajstić information content (AvgIpc) is 2.42. The molecule has 0 rings (SSSR count). The average molecular weight is 286 g/mol. The summed E-state index contributed by atoms with van der Waals surface area (Å²) in [5, 5.41) is 0. The van der Waals surface area contributed by atoms with Crippen LogP contribution in [-0.4, -0.2) is 18.3 Å². The maximum Gasteiger partial charge on any atom is 0.305 e. The van der Waals surface area contributed by atoms with E-state index in [1.165, 1.54) is 44.9 Å². The number of carbonyl (C=O) groups is 1. The van der Waals surface area contributed by atoms with Crippen molar-refractivity contribution >= 4 is 18.6 Å². The van der Waals surface area contributed by atoms with Gasteiger partial charge in [0.05, 0.1) is 0 Å². The summed E-state index contributed by atoms with van der Waals surface area (Å²) in [6.07, 6.45) is 15.0. The zero-order valence-corrected chi connectivity index (χ0v) is 13.1. The van der Waals surface area contributed by atoms with Crippen LogP contribution in [0.5, 0.6) is 0 Å². The van der Waals surface area contributed by atoms with E-state index in [9.17, 15) is 4.79 Å². The van der Waals surface area contributed by atoms with Gasteiger partial charge in [0.25, 0.3) is 0 Å². The number of hydrogen-bond donors (Lipinski definition) is 1. The van der Waals surface area contributed by atoms with Crippen LogP contribution >= 0.6 is 12.6 Å². The van der Waals surface area contributed by atoms with Crippen LogP contribution in [0.3, 0.4) is 0 Å². The number of ether oxygens (including phenoxy) is 1. The molecule has 0 aliphatic carbocycles. The highest BCUT2D eigenvalue weighted by atomic mass is 32.1. The molecule has 0 amide bonds. The third kappa shape index (κ3) is 15.5. The zero-order valence-electron chi connectivity index (χ0n) is 12.2. The maximum absolute atomic E-state index is 11.2. The molecule has 0 aliphatic heterocycles. The lowest BCUT2D eigenvalue weighted by Crippen LogP contribution is -2.06. The van der Waals surface area contributed by atoms with Crippen LogP contribution in [0.4, 0.5) is 0 Å². The van der Waals surface area contributed by atoms with E-state index in [2.05, 4.69) is 19.2 Å². The van der Waals surface area contributed by atoms with Gasteiger partial charge in [-0.3, -0.25) is 4.79 Å². The molecule has 0 unspecified atom stereocenters. The van der Waals surface area contributed by atoms with Gasteiger partial charge in [-0.2, -0.15) is 12.6 Å². The second kappa shape index (κ2) is 15.6. The Kier molecular flexibility index (Phi) is 15.3. The SMILES string of the molecule is C=CCCCCCCCCCCCC(=O)OCCS. The van der Waals surface area contributed by atoms with Gasteiger partial charge < -0.3 is 4.74 Å². The molecular formula is C16H30O2S. The van der Waals surface area contributed by atoms with Crippen molar-refractivity contribution < 1.29 is 9.53 Å². The Bertz CT molecular complexity index is 217. The van der Waals surface area contributed by atoms with Crippen LogP contribution < -0.4 is 0 Å². The lowest BCUT2D eigenvalue weighted by Gasteiger charge is -2.03. The third-order valence-corrected chi connectivity index (χ3v) is 3.33. The molecular weight excluding hydrogens is 256 g/mol. The van der Waals surface area contributed by atoms with Crippen molar-refractivity contribution in [2.75, 3.05) is 12.4 Å². The first kappa shape index (κ1) is 18.6. The summed E-state index contributed by atoms with van der Waals surface area (Å²) in [5.41, 5.74) is 0. The van der Waals surface area contributed by atoms with Gasteiger partial charge in [0.2, 0.25) is 0 Å². The molecule has 2 nitrogen and oxygen atoms in total. The molecule has 0 heterocycles. The minimum Gasteiger partial charge on any atom is -0.465 e. The van der Waals surface area contributed by atoms with Gasteiger partial charge in [-0.1, -0.05) is 51.0 Å². The number of rotatable bonds is 14. The van der Waals surface area contributed by atoms with E-state index in [1.54, 1.807) is 0 Å². The van der Waals surface area contributed by atoms with Crippen LogP contribution in [0.2, 0.25) is 0 Å². The first-order chi connectivity index (χ1) is 9.31. The van der Waals surface area contributed by atoms with E-state index in [0.717, 1.165) is 19.3 Å². The first-order valence-electron chi connectivity index (χ1n) is 7.68. The second-order valence-electron chi connectivity index (χ2n) is 4.95. The molecule has 3 heteroatoms. The Labute approximate surface area is 124 Å². The molecule has 19 heavy (non-hydrogen) atoms. The zero-order chi connectivity index (χ0) is 14.2. The smallest absolute Gasteiger partial charge is 0.305 e. The first-order valence-corrected chi connectivity index (χ1v) is 8.32. The van der Waals surface area contributed by atoms with E-state index >= 15 is 0 Å². The summed E-state index contributed by atoms with van der Waals surface area (Å²) in [6.45, 7) is 4.17. The molecule has 0 saturated carbocycles. The van der Waals surface area contributed by atoms with Crippen molar-refractivity contribution in [2.45, 2.75) is 70.6 Å². The molecule has 0 spiro atoms. The third-order valence-electron chi connectivity index (χ3n) is 3.14. The van der Waals surface area contributed by atoms with Crippen molar-refractivity contribution in [3.8, 4) is 0 Å². The minimum atomic E-state index is -0.0729. The molecule has 0 aromatic carbocycles. The van der Waals surface area contributed by atoms with Gasteiger partial charge in [-0.15, -0.1) is 6.58 Å². The van der Waals surface area contributed by atoms with Crippen LogP contribution in [0, 0.1) is 0 Å². The molecule has 0 radical (unpaired) electrons. The maximum atomic E-state index is 11.2. The number of carbonyl (C=O) groups excluding carboxylic acids is 1. The quantitative estimate of drug-likeness (QED) is 0.212. The summed E-state index contributed by atoms with van der Waals surface area (Å²) in [4.78, 5) is 11.2. The van der Waals surface area contributed by atoms with Crippen LogP contribution in [-0.2, 0) is 9.53 Å². The van der Waals surface area contributed by atoms with Crippen LogP contribution in [0.1, 0.15) is 70.6 Å². The molecule has 0 bridgehead atoms. The van der Waals surface area contributed by atoms with Crippen molar-refractivity contribution in [3.05, 3.63) is 12.7 Å². The van der Waals surface area contributed by atoms with E-state index < -0.39 is 0 Å². The largest absolute Gasteiger partial charge is 0.465 e.